The molecule has 25 heavy (non-hydrogen) atoms. The molecule has 1 fully saturated rings. The third-order valence-corrected chi connectivity index (χ3v) is 6.08. The van der Waals surface area contributed by atoms with Crippen LogP contribution in [0.4, 0.5) is 5.69 Å². The van der Waals surface area contributed by atoms with Crippen LogP contribution in [0.5, 0.6) is 0 Å². The van der Waals surface area contributed by atoms with Gasteiger partial charge in [-0.1, -0.05) is 39.7 Å². The van der Waals surface area contributed by atoms with E-state index in [0.29, 0.717) is 5.02 Å². The molecule has 0 aromatic heterocycles. The molecule has 1 unspecified atom stereocenters. The maximum atomic E-state index is 12.6. The smallest absolute Gasteiger partial charge is 0.228 e. The summed E-state index contributed by atoms with van der Waals surface area (Å²) in [5, 5.41) is 3.59. The molecule has 3 rings (SSSR count). The minimum Gasteiger partial charge on any atom is -0.326 e. The molecule has 1 atom stereocenters. The number of nitrogens with zero attached hydrogens (tertiary/aromatic N) is 1. The molecule has 1 amide bonds. The standard InChI is InChI=1S/C19H19Br2ClN2O/c20-15-5-1-3-13(9-15)11-24-8-2-4-14(12-24)19(25)23-16-6-7-17(21)18(22)10-16/h1,3,5-7,9-10,14H,2,4,8,11-12H2,(H,23,25). The van der Waals surface area contributed by atoms with Crippen molar-refractivity contribution in [3.63, 3.8) is 0 Å². The summed E-state index contributed by atoms with van der Waals surface area (Å²) in [4.78, 5) is 15.0. The molecule has 1 heterocycles. The summed E-state index contributed by atoms with van der Waals surface area (Å²) in [6.07, 6.45) is 1.96. The zero-order chi connectivity index (χ0) is 17.8. The first-order valence-corrected chi connectivity index (χ1v) is 10.2. The normalized spacial score (nSPS) is 18.1. The Hall–Kier alpha value is -0.880. The zero-order valence-corrected chi connectivity index (χ0v) is 17.6. The van der Waals surface area contributed by atoms with Gasteiger partial charge in [0.05, 0.1) is 10.9 Å². The molecule has 0 spiro atoms. The Morgan fingerprint density at radius 2 is 2.08 bits per heavy atom. The lowest BCUT2D eigenvalue weighted by molar-refractivity contribution is -0.121. The molecule has 2 aromatic rings. The number of anilines is 1. The minimum atomic E-state index is 0.00308. The first-order chi connectivity index (χ1) is 12.0. The third-order valence-electron chi connectivity index (χ3n) is 4.36. The summed E-state index contributed by atoms with van der Waals surface area (Å²) in [6, 6.07) is 13.8. The number of piperidine rings is 1. The number of hydrogen-bond acceptors (Lipinski definition) is 2. The van der Waals surface area contributed by atoms with Crippen LogP contribution in [0.15, 0.2) is 51.4 Å². The Kier molecular flexibility index (Phi) is 6.55. The molecule has 0 bridgehead atoms. The molecule has 1 aliphatic rings. The lowest BCUT2D eigenvalue weighted by atomic mass is 9.96. The van der Waals surface area contributed by atoms with Gasteiger partial charge in [-0.15, -0.1) is 0 Å². The van der Waals surface area contributed by atoms with E-state index in [1.54, 1.807) is 6.07 Å². The van der Waals surface area contributed by atoms with Crippen LogP contribution in [0.25, 0.3) is 0 Å². The summed E-state index contributed by atoms with van der Waals surface area (Å²) in [6.45, 7) is 2.68. The second-order valence-corrected chi connectivity index (χ2v) is 8.50. The SMILES string of the molecule is O=C(Nc1ccc(Br)c(Cl)c1)C1CCCN(Cc2cccc(Br)c2)C1. The van der Waals surface area contributed by atoms with Crippen LogP contribution < -0.4 is 5.32 Å². The van der Waals surface area contributed by atoms with Crippen molar-refractivity contribution in [3.8, 4) is 0 Å². The largest absolute Gasteiger partial charge is 0.326 e. The van der Waals surface area contributed by atoms with Crippen LogP contribution in [0.2, 0.25) is 5.02 Å². The fraction of sp³-hybridized carbons (Fsp3) is 0.316. The van der Waals surface area contributed by atoms with Gasteiger partial charge < -0.3 is 5.32 Å². The monoisotopic (exact) mass is 484 g/mol. The highest BCUT2D eigenvalue weighted by molar-refractivity contribution is 9.10. The third kappa shape index (κ3) is 5.30. The number of carbonyl (C=O) groups is 1. The Bertz CT molecular complexity index is 769. The molecule has 1 N–H and O–H groups in total. The Labute approximate surface area is 170 Å². The molecule has 0 radical (unpaired) electrons. The second kappa shape index (κ2) is 8.67. The van der Waals surface area contributed by atoms with E-state index in [2.05, 4.69) is 54.2 Å². The molecule has 6 heteroatoms. The Morgan fingerprint density at radius 1 is 1.24 bits per heavy atom. The summed E-state index contributed by atoms with van der Waals surface area (Å²) in [5.74, 6) is 0.0701. The first-order valence-electron chi connectivity index (χ1n) is 8.24. The molecular weight excluding hydrogens is 467 g/mol. The van der Waals surface area contributed by atoms with Crippen LogP contribution in [0.3, 0.4) is 0 Å². The van der Waals surface area contributed by atoms with E-state index in [0.717, 1.165) is 47.1 Å². The molecule has 1 saturated heterocycles. The van der Waals surface area contributed by atoms with Crippen molar-refractivity contribution in [3.05, 3.63) is 62.0 Å². The summed E-state index contributed by atoms with van der Waals surface area (Å²) < 4.78 is 1.91. The number of halogens is 3. The number of rotatable bonds is 4. The van der Waals surface area contributed by atoms with Crippen molar-refractivity contribution in [2.75, 3.05) is 18.4 Å². The van der Waals surface area contributed by atoms with Crippen LogP contribution in [0, 0.1) is 5.92 Å². The van der Waals surface area contributed by atoms with Gasteiger partial charge in [-0.05, 0) is 71.2 Å². The van der Waals surface area contributed by atoms with Gasteiger partial charge >= 0.3 is 0 Å². The van der Waals surface area contributed by atoms with E-state index in [-0.39, 0.29) is 11.8 Å². The predicted molar refractivity (Wildman–Crippen MR) is 110 cm³/mol. The summed E-state index contributed by atoms with van der Waals surface area (Å²) in [7, 11) is 0. The van der Waals surface area contributed by atoms with E-state index in [9.17, 15) is 4.79 Å². The topological polar surface area (TPSA) is 32.3 Å². The van der Waals surface area contributed by atoms with Crippen molar-refractivity contribution >= 4 is 55.1 Å². The number of nitrogens with one attached hydrogen (secondary N) is 1. The van der Waals surface area contributed by atoms with Gasteiger partial charge in [0.1, 0.15) is 0 Å². The van der Waals surface area contributed by atoms with E-state index >= 15 is 0 Å². The Morgan fingerprint density at radius 3 is 2.84 bits per heavy atom. The van der Waals surface area contributed by atoms with Crippen molar-refractivity contribution in [2.45, 2.75) is 19.4 Å². The van der Waals surface area contributed by atoms with Crippen molar-refractivity contribution in [1.29, 1.82) is 0 Å². The van der Waals surface area contributed by atoms with E-state index < -0.39 is 0 Å². The molecular formula is C19H19Br2ClN2O. The van der Waals surface area contributed by atoms with Crippen LogP contribution in [-0.4, -0.2) is 23.9 Å². The molecule has 2 aromatic carbocycles. The highest BCUT2D eigenvalue weighted by atomic mass is 79.9. The number of likely N-dealkylation sites (tertiary alicyclic amines) is 1. The molecule has 0 saturated carbocycles. The van der Waals surface area contributed by atoms with E-state index in [1.165, 1.54) is 5.56 Å². The summed E-state index contributed by atoms with van der Waals surface area (Å²) in [5.41, 5.74) is 2.00. The number of hydrogen-bond donors (Lipinski definition) is 1. The van der Waals surface area contributed by atoms with Gasteiger partial charge in [-0.3, -0.25) is 9.69 Å². The van der Waals surface area contributed by atoms with Gasteiger partial charge in [0, 0.05) is 27.7 Å². The number of amides is 1. The highest BCUT2D eigenvalue weighted by Crippen LogP contribution is 2.27. The highest BCUT2D eigenvalue weighted by Gasteiger charge is 2.26. The quantitative estimate of drug-likeness (QED) is 0.600. The van der Waals surface area contributed by atoms with Crippen LogP contribution in [-0.2, 0) is 11.3 Å². The molecule has 3 nitrogen and oxygen atoms in total. The fourth-order valence-electron chi connectivity index (χ4n) is 3.12. The van der Waals surface area contributed by atoms with Crippen molar-refractivity contribution < 1.29 is 4.79 Å². The minimum absolute atomic E-state index is 0.00308. The van der Waals surface area contributed by atoms with Gasteiger partial charge in [-0.25, -0.2) is 0 Å². The maximum Gasteiger partial charge on any atom is 0.228 e. The maximum absolute atomic E-state index is 12.6. The van der Waals surface area contributed by atoms with E-state index in [1.807, 2.05) is 24.3 Å². The summed E-state index contributed by atoms with van der Waals surface area (Å²) >= 11 is 13.0. The van der Waals surface area contributed by atoms with Crippen molar-refractivity contribution in [2.24, 2.45) is 5.92 Å². The fourth-order valence-corrected chi connectivity index (χ4v) is 4.00. The second-order valence-electron chi connectivity index (χ2n) is 6.32. The average molecular weight is 487 g/mol. The van der Waals surface area contributed by atoms with Crippen LogP contribution in [0.1, 0.15) is 18.4 Å². The predicted octanol–water partition coefficient (Wildman–Crippen LogP) is 5.72. The van der Waals surface area contributed by atoms with Crippen LogP contribution >= 0.6 is 43.5 Å². The zero-order valence-electron chi connectivity index (χ0n) is 13.6. The molecule has 0 aliphatic carbocycles. The van der Waals surface area contributed by atoms with Gasteiger partial charge in [0.25, 0.3) is 0 Å². The first kappa shape index (κ1) is 18.9. The molecule has 1 aliphatic heterocycles. The van der Waals surface area contributed by atoms with Gasteiger partial charge in [0.2, 0.25) is 5.91 Å². The van der Waals surface area contributed by atoms with Gasteiger partial charge in [0.15, 0.2) is 0 Å². The lowest BCUT2D eigenvalue weighted by Gasteiger charge is -2.32. The van der Waals surface area contributed by atoms with Crippen molar-refractivity contribution in [1.82, 2.24) is 4.90 Å². The number of carbonyl (C=O) groups excluding carboxylic acids is 1. The Balaban J connectivity index is 1.60. The van der Waals surface area contributed by atoms with E-state index in [4.69, 9.17) is 11.6 Å². The number of benzene rings is 2. The average Bonchev–Trinajstić information content (AvgIpc) is 2.58. The molecule has 132 valence electrons. The van der Waals surface area contributed by atoms with Gasteiger partial charge in [-0.2, -0.15) is 0 Å². The lowest BCUT2D eigenvalue weighted by Crippen LogP contribution is -2.40.